The first-order valence-corrected chi connectivity index (χ1v) is 13.8. The zero-order valence-electron chi connectivity index (χ0n) is 22.1. The van der Waals surface area contributed by atoms with Crippen molar-refractivity contribution in [3.8, 4) is 11.5 Å². The highest BCUT2D eigenvalue weighted by atomic mass is 16.5. The van der Waals surface area contributed by atoms with Crippen molar-refractivity contribution in [3.63, 3.8) is 0 Å². The van der Waals surface area contributed by atoms with Crippen LogP contribution in [-0.2, 0) is 0 Å². The summed E-state index contributed by atoms with van der Waals surface area (Å²) in [6, 6.07) is 15.2. The maximum absolute atomic E-state index is 12.6. The number of benzene rings is 2. The summed E-state index contributed by atoms with van der Waals surface area (Å²) in [5.41, 5.74) is 3.82. The second-order valence-corrected chi connectivity index (χ2v) is 12.0. The van der Waals surface area contributed by atoms with Crippen LogP contribution in [0.15, 0.2) is 71.8 Å². The van der Waals surface area contributed by atoms with Crippen LogP contribution in [0.25, 0.3) is 0 Å². The quantitative estimate of drug-likeness (QED) is 0.400. The summed E-state index contributed by atoms with van der Waals surface area (Å²) in [7, 11) is 0. The minimum atomic E-state index is -0.640. The summed E-state index contributed by atoms with van der Waals surface area (Å²) in [6.45, 7) is 6.71. The van der Waals surface area contributed by atoms with E-state index < -0.39 is 5.60 Å². The zero-order chi connectivity index (χ0) is 25.8. The van der Waals surface area contributed by atoms with Gasteiger partial charge in [0, 0.05) is 12.8 Å². The Morgan fingerprint density at radius 3 is 2.24 bits per heavy atom. The Kier molecular flexibility index (Phi) is 5.70. The molecule has 2 aromatic carbocycles. The fraction of sp³-hybridized carbons (Fsp3) is 0.455. The van der Waals surface area contributed by atoms with Gasteiger partial charge >= 0.3 is 0 Å². The van der Waals surface area contributed by atoms with Crippen LogP contribution in [0.5, 0.6) is 11.5 Å². The van der Waals surface area contributed by atoms with Gasteiger partial charge < -0.3 is 9.47 Å². The number of fused-ring (bicyclic) bond motifs is 4. The molecular formula is C33H36O4. The second-order valence-electron chi connectivity index (χ2n) is 12.0. The Hall–Kier alpha value is -3.14. The lowest BCUT2D eigenvalue weighted by Crippen LogP contribution is -2.60. The first-order valence-electron chi connectivity index (χ1n) is 13.8. The van der Waals surface area contributed by atoms with Gasteiger partial charge in [0.05, 0.1) is 11.1 Å². The van der Waals surface area contributed by atoms with Gasteiger partial charge in [0.25, 0.3) is 0 Å². The number of Topliss-reactive ketones (excluding diaryl/α,β-unsaturated/α-hetero) is 2. The van der Waals surface area contributed by atoms with Crippen molar-refractivity contribution in [2.24, 2.45) is 10.8 Å². The van der Waals surface area contributed by atoms with E-state index in [-0.39, 0.29) is 28.5 Å². The molecule has 0 radical (unpaired) electrons. The third-order valence-corrected chi connectivity index (χ3v) is 9.47. The van der Waals surface area contributed by atoms with Gasteiger partial charge in [-0.3, -0.25) is 9.59 Å². The molecule has 5 aliphatic rings. The van der Waals surface area contributed by atoms with Gasteiger partial charge in [0.1, 0.15) is 11.5 Å². The average molecular weight is 497 g/mol. The van der Waals surface area contributed by atoms with E-state index in [9.17, 15) is 9.59 Å². The Morgan fingerprint density at radius 1 is 0.865 bits per heavy atom. The number of rotatable bonds is 2. The molecule has 0 N–H and O–H groups in total. The Bertz CT molecular complexity index is 1340. The van der Waals surface area contributed by atoms with E-state index in [1.54, 1.807) is 0 Å². The van der Waals surface area contributed by atoms with Crippen LogP contribution < -0.4 is 9.47 Å². The lowest BCUT2D eigenvalue weighted by molar-refractivity contribution is -0.00593. The zero-order valence-corrected chi connectivity index (χ0v) is 22.1. The van der Waals surface area contributed by atoms with Crippen LogP contribution >= 0.6 is 0 Å². The highest BCUT2D eigenvalue weighted by molar-refractivity contribution is 6.11. The Morgan fingerprint density at radius 2 is 1.54 bits per heavy atom. The summed E-state index contributed by atoms with van der Waals surface area (Å²) in [5, 5.41) is 0. The smallest absolute Gasteiger partial charge is 0.214 e. The molecule has 1 unspecified atom stereocenters. The average Bonchev–Trinajstić information content (AvgIpc) is 3.36. The summed E-state index contributed by atoms with van der Waals surface area (Å²) >= 11 is 0. The van der Waals surface area contributed by atoms with Gasteiger partial charge in [-0.1, -0.05) is 55.8 Å². The third kappa shape index (κ3) is 3.79. The lowest BCUT2D eigenvalue weighted by atomic mass is 9.51. The molecule has 2 aromatic rings. The van der Waals surface area contributed by atoms with Crippen LogP contribution in [0.3, 0.4) is 0 Å². The standard InChI is InChI=1S/C17H20O2.C16H16O2/c1-12-7-5-6-10-17(12,2)11-15-16(18)13-8-3-4-9-14(13)19-15;1-15-9-5-4-8-13(15)16(10-15)14(17)11-6-2-3-7-12(11)18-16/h3-4,7-9,15H,5-6,10-11H2,1-2H3;2-3,6-8H,4-5,9-10H2,1H3/t15?,17-;15-,16+/m00/s1. The van der Waals surface area contributed by atoms with Gasteiger partial charge in [-0.15, -0.1) is 0 Å². The molecule has 4 atom stereocenters. The number of hydrogen-bond acceptors (Lipinski definition) is 4. The summed E-state index contributed by atoms with van der Waals surface area (Å²) in [4.78, 5) is 25.0. The van der Waals surface area contributed by atoms with E-state index in [2.05, 4.69) is 32.9 Å². The number of carbonyl (C=O) groups excluding carboxylic acids is 2. The molecule has 2 aliphatic heterocycles. The molecule has 1 spiro atoms. The van der Waals surface area contributed by atoms with Crippen LogP contribution in [0.2, 0.25) is 0 Å². The molecule has 192 valence electrons. The van der Waals surface area contributed by atoms with Crippen molar-refractivity contribution in [2.75, 3.05) is 0 Å². The molecule has 4 nitrogen and oxygen atoms in total. The monoisotopic (exact) mass is 496 g/mol. The van der Waals surface area contributed by atoms with Crippen LogP contribution in [0.1, 0.15) is 92.9 Å². The van der Waals surface area contributed by atoms with Gasteiger partial charge in [0.2, 0.25) is 11.6 Å². The topological polar surface area (TPSA) is 52.6 Å². The van der Waals surface area contributed by atoms with Gasteiger partial charge in [-0.05, 0) is 86.1 Å². The highest BCUT2D eigenvalue weighted by Gasteiger charge is 2.65. The molecule has 0 amide bonds. The van der Waals surface area contributed by atoms with Crippen LogP contribution in [-0.4, -0.2) is 23.3 Å². The van der Waals surface area contributed by atoms with Crippen molar-refractivity contribution in [2.45, 2.75) is 83.8 Å². The van der Waals surface area contributed by atoms with Crippen LogP contribution in [0.4, 0.5) is 0 Å². The lowest BCUT2D eigenvalue weighted by Gasteiger charge is -2.55. The normalized spacial score (nSPS) is 33.0. The Labute approximate surface area is 219 Å². The molecule has 1 fully saturated rings. The fourth-order valence-corrected chi connectivity index (χ4v) is 7.20. The van der Waals surface area contributed by atoms with Crippen molar-refractivity contribution >= 4 is 11.6 Å². The third-order valence-electron chi connectivity index (χ3n) is 9.47. The SMILES string of the molecule is CC1=CCCC[C@@]1(C)CC1Oc2ccccc2C1=O.C[C@@]12CCCC=C1[C@@]1(C2)Oc2ccccc2C1=O. The number of ketones is 2. The predicted molar refractivity (Wildman–Crippen MR) is 144 cm³/mol. The first-order chi connectivity index (χ1) is 17.8. The minimum Gasteiger partial charge on any atom is -0.481 e. The largest absolute Gasteiger partial charge is 0.481 e. The fourth-order valence-electron chi connectivity index (χ4n) is 7.20. The van der Waals surface area contributed by atoms with E-state index in [1.165, 1.54) is 36.8 Å². The number of para-hydroxylation sites is 2. The molecule has 4 heteroatoms. The Balaban J connectivity index is 0.000000136. The summed E-state index contributed by atoms with van der Waals surface area (Å²) < 4.78 is 11.9. The number of allylic oxidation sites excluding steroid dienone is 3. The highest BCUT2D eigenvalue weighted by Crippen LogP contribution is 2.63. The molecule has 37 heavy (non-hydrogen) atoms. The van der Waals surface area contributed by atoms with E-state index in [4.69, 9.17) is 9.47 Å². The van der Waals surface area contributed by atoms with Crippen molar-refractivity contribution < 1.29 is 19.1 Å². The van der Waals surface area contributed by atoms with Crippen molar-refractivity contribution in [1.82, 2.24) is 0 Å². The molecule has 3 aliphatic carbocycles. The molecule has 1 saturated carbocycles. The van der Waals surface area contributed by atoms with E-state index >= 15 is 0 Å². The van der Waals surface area contributed by atoms with E-state index in [1.807, 2.05) is 48.5 Å². The second kappa shape index (κ2) is 8.72. The summed E-state index contributed by atoms with van der Waals surface area (Å²) in [6.07, 6.45) is 12.9. The molecule has 2 heterocycles. The minimum absolute atomic E-state index is 0.112. The number of ether oxygens (including phenoxy) is 2. The summed E-state index contributed by atoms with van der Waals surface area (Å²) in [5.74, 6) is 1.83. The molecule has 0 saturated heterocycles. The van der Waals surface area contributed by atoms with Gasteiger partial charge in [-0.25, -0.2) is 0 Å². The van der Waals surface area contributed by atoms with Gasteiger partial charge in [-0.2, -0.15) is 0 Å². The molecule has 7 rings (SSSR count). The van der Waals surface area contributed by atoms with Gasteiger partial charge in [0.15, 0.2) is 11.7 Å². The maximum atomic E-state index is 12.6. The van der Waals surface area contributed by atoms with E-state index in [0.717, 1.165) is 48.3 Å². The number of carbonyl (C=O) groups is 2. The van der Waals surface area contributed by atoms with Crippen LogP contribution in [0, 0.1) is 10.8 Å². The first kappa shape index (κ1) is 24.2. The van der Waals surface area contributed by atoms with Crippen molar-refractivity contribution in [1.29, 1.82) is 0 Å². The molecular weight excluding hydrogens is 460 g/mol. The van der Waals surface area contributed by atoms with E-state index in [0.29, 0.717) is 0 Å². The predicted octanol–water partition coefficient (Wildman–Crippen LogP) is 7.68. The number of hydrogen-bond donors (Lipinski definition) is 0. The maximum Gasteiger partial charge on any atom is 0.214 e. The molecule has 0 aromatic heterocycles. The molecule has 0 bridgehead atoms. The van der Waals surface area contributed by atoms with Crippen molar-refractivity contribution in [3.05, 3.63) is 83.0 Å².